The van der Waals surface area contributed by atoms with E-state index in [1.54, 1.807) is 30.4 Å². The van der Waals surface area contributed by atoms with E-state index in [1.165, 1.54) is 12.3 Å². The molecule has 0 bridgehead atoms. The van der Waals surface area contributed by atoms with Crippen molar-refractivity contribution in [2.24, 2.45) is 4.99 Å². The number of nitrogens with one attached hydrogen (secondary N) is 1. The second-order valence-electron chi connectivity index (χ2n) is 5.86. The zero-order chi connectivity index (χ0) is 20.0. The Morgan fingerprint density at radius 2 is 2.11 bits per heavy atom. The van der Waals surface area contributed by atoms with Crippen molar-refractivity contribution in [2.75, 3.05) is 13.1 Å². The van der Waals surface area contributed by atoms with Crippen LogP contribution in [0.3, 0.4) is 0 Å². The van der Waals surface area contributed by atoms with Crippen LogP contribution in [-0.4, -0.2) is 47.5 Å². The van der Waals surface area contributed by atoms with Crippen molar-refractivity contribution in [3.05, 3.63) is 60.9 Å². The number of nitriles is 1. The van der Waals surface area contributed by atoms with Gasteiger partial charge in [0.25, 0.3) is 11.8 Å². The highest BCUT2D eigenvalue weighted by atomic mass is 19.3. The fourth-order valence-corrected chi connectivity index (χ4v) is 2.78. The Hall–Kier alpha value is -3.34. The number of carbonyl (C=O) groups is 2. The molecule has 27 heavy (non-hydrogen) atoms. The van der Waals surface area contributed by atoms with Crippen LogP contribution in [0, 0.1) is 11.3 Å². The molecule has 8 heteroatoms. The first-order valence-corrected chi connectivity index (χ1v) is 8.08. The van der Waals surface area contributed by atoms with Crippen LogP contribution in [0.25, 0.3) is 0 Å². The molecule has 1 N–H and O–H groups in total. The molecule has 1 heterocycles. The molecule has 6 nitrogen and oxygen atoms in total. The molecule has 1 saturated heterocycles. The molecule has 0 aromatic carbocycles. The van der Waals surface area contributed by atoms with Crippen molar-refractivity contribution in [3.8, 4) is 6.07 Å². The van der Waals surface area contributed by atoms with Gasteiger partial charge in [0.1, 0.15) is 6.04 Å². The predicted molar refractivity (Wildman–Crippen MR) is 96.8 cm³/mol. The van der Waals surface area contributed by atoms with Gasteiger partial charge >= 0.3 is 0 Å². The minimum Gasteiger partial charge on any atom is -0.343 e. The maximum atomic E-state index is 13.4. The van der Waals surface area contributed by atoms with Gasteiger partial charge in [-0.15, -0.1) is 0 Å². The number of carbonyl (C=O) groups excluding carboxylic acids is 2. The second kappa shape index (κ2) is 8.36. The summed E-state index contributed by atoms with van der Waals surface area (Å²) < 4.78 is 26.9. The van der Waals surface area contributed by atoms with E-state index in [9.17, 15) is 18.4 Å². The Bertz CT molecular complexity index is 831. The van der Waals surface area contributed by atoms with Crippen molar-refractivity contribution in [2.45, 2.75) is 18.4 Å². The maximum absolute atomic E-state index is 13.4. The predicted octanol–water partition coefficient (Wildman–Crippen LogP) is 2.06. The number of likely N-dealkylation sites (tertiary alicyclic amines) is 1. The molecular formula is C19H18F2N4O2. The van der Waals surface area contributed by atoms with E-state index in [4.69, 9.17) is 5.26 Å². The summed E-state index contributed by atoms with van der Waals surface area (Å²) >= 11 is 0. The number of halogens is 2. The van der Waals surface area contributed by atoms with Crippen LogP contribution in [0.15, 0.2) is 65.9 Å². The van der Waals surface area contributed by atoms with Gasteiger partial charge in [-0.05, 0) is 6.08 Å². The van der Waals surface area contributed by atoms with Crippen molar-refractivity contribution in [1.29, 1.82) is 5.26 Å². The Labute approximate surface area is 155 Å². The van der Waals surface area contributed by atoms with Gasteiger partial charge < -0.3 is 10.2 Å². The van der Waals surface area contributed by atoms with Gasteiger partial charge in [-0.2, -0.15) is 5.26 Å². The quantitative estimate of drug-likeness (QED) is 0.750. The summed E-state index contributed by atoms with van der Waals surface area (Å²) in [6, 6.07) is 0.480. The molecule has 0 aromatic rings. The molecule has 0 saturated carbocycles. The van der Waals surface area contributed by atoms with E-state index in [-0.39, 0.29) is 5.57 Å². The summed E-state index contributed by atoms with van der Waals surface area (Å²) in [7, 11) is 0. The fourth-order valence-electron chi connectivity index (χ4n) is 2.78. The van der Waals surface area contributed by atoms with Crippen molar-refractivity contribution in [1.82, 2.24) is 10.2 Å². The highest BCUT2D eigenvalue weighted by Crippen LogP contribution is 2.31. The van der Waals surface area contributed by atoms with E-state index in [2.05, 4.69) is 23.5 Å². The van der Waals surface area contributed by atoms with Crippen LogP contribution in [0.2, 0.25) is 0 Å². The third-order valence-corrected chi connectivity index (χ3v) is 4.01. The summed E-state index contributed by atoms with van der Waals surface area (Å²) in [4.78, 5) is 29.5. The van der Waals surface area contributed by atoms with Crippen LogP contribution in [0.4, 0.5) is 8.78 Å². The Morgan fingerprint density at radius 3 is 2.74 bits per heavy atom. The number of allylic oxidation sites excluding steroid dienone is 5. The molecule has 0 radical (unpaired) electrons. The Morgan fingerprint density at radius 1 is 1.41 bits per heavy atom. The van der Waals surface area contributed by atoms with Crippen LogP contribution in [0.1, 0.15) is 6.42 Å². The molecule has 1 atom stereocenters. The highest BCUT2D eigenvalue weighted by molar-refractivity contribution is 6.17. The number of amides is 2. The lowest BCUT2D eigenvalue weighted by molar-refractivity contribution is -0.133. The number of nitrogens with zero attached hydrogens (tertiary/aromatic N) is 3. The van der Waals surface area contributed by atoms with Crippen LogP contribution in [0.5, 0.6) is 0 Å². The summed E-state index contributed by atoms with van der Waals surface area (Å²) in [5.74, 6) is -4.46. The van der Waals surface area contributed by atoms with Gasteiger partial charge in [0, 0.05) is 23.8 Å². The van der Waals surface area contributed by atoms with E-state index in [0.717, 1.165) is 4.90 Å². The molecule has 140 valence electrons. The summed E-state index contributed by atoms with van der Waals surface area (Å²) in [5.41, 5.74) is 1.15. The minimum absolute atomic E-state index is 0.174. The SMILES string of the molecule is C=CN=C1C=CC=C/C1=C(/C=C)C(=O)NCC(=O)N1CC(F)(F)CC1C#N. The van der Waals surface area contributed by atoms with Gasteiger partial charge in [-0.1, -0.05) is 37.5 Å². The third kappa shape index (κ3) is 4.64. The molecule has 1 unspecified atom stereocenters. The average molecular weight is 372 g/mol. The summed E-state index contributed by atoms with van der Waals surface area (Å²) in [6.45, 7) is 5.78. The molecule has 1 aliphatic heterocycles. The maximum Gasteiger partial charge on any atom is 0.268 e. The normalized spacial score (nSPS) is 23.7. The molecule has 2 amide bonds. The lowest BCUT2D eigenvalue weighted by Gasteiger charge is -2.19. The van der Waals surface area contributed by atoms with Gasteiger partial charge in [-0.3, -0.25) is 14.6 Å². The first-order chi connectivity index (χ1) is 12.8. The van der Waals surface area contributed by atoms with E-state index in [1.807, 2.05) is 0 Å². The average Bonchev–Trinajstić information content (AvgIpc) is 2.97. The first-order valence-electron chi connectivity index (χ1n) is 8.08. The monoisotopic (exact) mass is 372 g/mol. The molecule has 1 aliphatic carbocycles. The lowest BCUT2D eigenvalue weighted by atomic mass is 9.98. The number of alkyl halides is 2. The van der Waals surface area contributed by atoms with Gasteiger partial charge in [0.05, 0.1) is 24.9 Å². The van der Waals surface area contributed by atoms with Gasteiger partial charge in [-0.25, -0.2) is 8.78 Å². The largest absolute Gasteiger partial charge is 0.343 e. The summed E-state index contributed by atoms with van der Waals surface area (Å²) in [5, 5.41) is 11.3. The fraction of sp³-hybridized carbons (Fsp3) is 0.263. The number of aliphatic imine (C=N–C) groups is 1. The van der Waals surface area contributed by atoms with Crippen molar-refractivity contribution >= 4 is 17.5 Å². The first kappa shape index (κ1) is 20.0. The van der Waals surface area contributed by atoms with Gasteiger partial charge in [0.2, 0.25) is 5.91 Å². The van der Waals surface area contributed by atoms with Crippen LogP contribution < -0.4 is 5.32 Å². The van der Waals surface area contributed by atoms with Crippen molar-refractivity contribution in [3.63, 3.8) is 0 Å². The number of hydrogen-bond donors (Lipinski definition) is 1. The molecular weight excluding hydrogens is 354 g/mol. The number of hydrogen-bond acceptors (Lipinski definition) is 4. The van der Waals surface area contributed by atoms with E-state index >= 15 is 0 Å². The topological polar surface area (TPSA) is 85.6 Å². The molecule has 1 fully saturated rings. The van der Waals surface area contributed by atoms with E-state index < -0.39 is 43.3 Å². The highest BCUT2D eigenvalue weighted by Gasteiger charge is 2.47. The Kier molecular flexibility index (Phi) is 6.19. The standard InChI is InChI=1S/C19H18F2N4O2/c1-3-14(15-7-5-6-8-16(15)23-4-2)18(27)24-11-17(26)25-12-19(20,21)9-13(25)10-22/h3-8,13H,1-2,9,11-12H2,(H,24,27)/b15-14+,23-16?. The molecule has 0 spiro atoms. The van der Waals surface area contributed by atoms with E-state index in [0.29, 0.717) is 11.3 Å². The van der Waals surface area contributed by atoms with Gasteiger partial charge in [0.15, 0.2) is 0 Å². The van der Waals surface area contributed by atoms with Crippen LogP contribution in [-0.2, 0) is 9.59 Å². The third-order valence-electron chi connectivity index (χ3n) is 4.01. The molecule has 0 aromatic heterocycles. The Balaban J connectivity index is 2.12. The molecule has 2 rings (SSSR count). The number of rotatable bonds is 5. The smallest absolute Gasteiger partial charge is 0.268 e. The zero-order valence-corrected chi connectivity index (χ0v) is 14.5. The van der Waals surface area contributed by atoms with Crippen LogP contribution >= 0.6 is 0 Å². The molecule has 2 aliphatic rings. The second-order valence-corrected chi connectivity index (χ2v) is 5.86. The lowest BCUT2D eigenvalue weighted by Crippen LogP contribution is -2.43. The van der Waals surface area contributed by atoms with Crippen molar-refractivity contribution < 1.29 is 18.4 Å². The minimum atomic E-state index is -3.11. The summed E-state index contributed by atoms with van der Waals surface area (Å²) in [6.07, 6.45) is 8.74. The zero-order valence-electron chi connectivity index (χ0n) is 14.5.